The summed E-state index contributed by atoms with van der Waals surface area (Å²) < 4.78 is 42.8. The molecule has 1 aliphatic heterocycles. The van der Waals surface area contributed by atoms with Gasteiger partial charge in [-0.25, -0.2) is 19.6 Å². The smallest absolute Gasteiger partial charge is 0.259 e. The number of rotatable bonds is 17. The van der Waals surface area contributed by atoms with Crippen LogP contribution in [0, 0.1) is 11.3 Å². The second-order valence-electron chi connectivity index (χ2n) is 13.3. The summed E-state index contributed by atoms with van der Waals surface area (Å²) in [5, 5.41) is 9.33. The Morgan fingerprint density at radius 2 is 1.53 bits per heavy atom. The first-order chi connectivity index (χ1) is 25.8. The lowest BCUT2D eigenvalue weighted by Crippen LogP contribution is -2.39. The topological polar surface area (TPSA) is 126 Å². The van der Waals surface area contributed by atoms with Crippen molar-refractivity contribution in [1.29, 1.82) is 5.26 Å². The minimum absolute atomic E-state index is 0.126. The summed E-state index contributed by atoms with van der Waals surface area (Å²) >= 11 is 0. The van der Waals surface area contributed by atoms with E-state index in [2.05, 4.69) is 65.5 Å². The van der Waals surface area contributed by atoms with E-state index < -0.39 is 32.6 Å². The van der Waals surface area contributed by atoms with E-state index in [4.69, 9.17) is 28.0 Å². The predicted molar refractivity (Wildman–Crippen MR) is 202 cm³/mol. The number of aromatic nitrogens is 4. The molecule has 4 unspecified atom stereocenters. The zero-order valence-corrected chi connectivity index (χ0v) is 31.9. The highest BCUT2D eigenvalue weighted by molar-refractivity contribution is 7.44. The summed E-state index contributed by atoms with van der Waals surface area (Å²) in [6, 6.07) is 28.5. The number of imidazole rings is 1. The maximum Gasteiger partial charge on any atom is 0.259 e. The van der Waals surface area contributed by atoms with Gasteiger partial charge in [-0.15, -0.1) is 0 Å². The molecule has 4 atom stereocenters. The minimum Gasteiger partial charge on any atom is -0.497 e. The maximum atomic E-state index is 9.33. The van der Waals surface area contributed by atoms with Gasteiger partial charge in [-0.3, -0.25) is 4.57 Å². The van der Waals surface area contributed by atoms with Gasteiger partial charge in [0, 0.05) is 18.5 Å². The lowest BCUT2D eigenvalue weighted by atomic mass is 9.80. The van der Waals surface area contributed by atoms with Gasteiger partial charge >= 0.3 is 0 Å². The highest BCUT2D eigenvalue weighted by atomic mass is 31.2. The molecule has 3 heterocycles. The van der Waals surface area contributed by atoms with Crippen LogP contribution in [0.3, 0.4) is 0 Å². The molecule has 1 saturated heterocycles. The quantitative estimate of drug-likeness (QED) is 0.0527. The van der Waals surface area contributed by atoms with Gasteiger partial charge in [0.25, 0.3) is 8.53 Å². The van der Waals surface area contributed by atoms with E-state index in [1.165, 1.54) is 6.33 Å². The van der Waals surface area contributed by atoms with E-state index in [1.807, 2.05) is 71.3 Å². The number of methoxy groups -OCH3 is 2. The lowest BCUT2D eigenvalue weighted by Gasteiger charge is -2.39. The highest BCUT2D eigenvalue weighted by Gasteiger charge is 2.45. The van der Waals surface area contributed by atoms with Crippen LogP contribution in [0.15, 0.2) is 97.7 Å². The van der Waals surface area contributed by atoms with Crippen LogP contribution in [-0.2, 0) is 24.1 Å². The Bertz CT molecular complexity index is 1880. The van der Waals surface area contributed by atoms with Crippen LogP contribution in [0.2, 0.25) is 0 Å². The van der Waals surface area contributed by atoms with Crippen LogP contribution in [-0.4, -0.2) is 75.9 Å². The van der Waals surface area contributed by atoms with Crippen molar-refractivity contribution in [3.8, 4) is 17.6 Å². The van der Waals surface area contributed by atoms with Crippen LogP contribution in [0.4, 0.5) is 0 Å². The Balaban J connectivity index is 1.42. The molecule has 13 heteroatoms. The van der Waals surface area contributed by atoms with Gasteiger partial charge in [-0.2, -0.15) is 5.26 Å². The van der Waals surface area contributed by atoms with Crippen molar-refractivity contribution in [3.63, 3.8) is 0 Å². The molecular formula is C40H47N6O6P. The molecule has 0 N–H and O–H groups in total. The zero-order valence-electron chi connectivity index (χ0n) is 31.0. The van der Waals surface area contributed by atoms with Crippen LogP contribution >= 0.6 is 8.53 Å². The number of fused-ring (bicyclic) bond motifs is 1. The number of hydrogen-bond acceptors (Lipinski definition) is 11. The minimum atomic E-state index is -1.58. The molecule has 6 rings (SSSR count). The van der Waals surface area contributed by atoms with Crippen molar-refractivity contribution in [2.45, 2.75) is 76.7 Å². The molecule has 12 nitrogen and oxygen atoms in total. The van der Waals surface area contributed by atoms with E-state index >= 15 is 0 Å². The lowest BCUT2D eigenvalue weighted by molar-refractivity contribution is -0.0912. The molecule has 0 saturated carbocycles. The number of benzene rings is 3. The fraction of sp³-hybridized carbons (Fsp3) is 0.400. The molecule has 1 aliphatic rings. The van der Waals surface area contributed by atoms with Gasteiger partial charge < -0.3 is 28.0 Å². The van der Waals surface area contributed by atoms with Gasteiger partial charge in [0.15, 0.2) is 5.65 Å². The Labute approximate surface area is 312 Å². The zero-order chi connectivity index (χ0) is 37.4. The number of ether oxygens (including phenoxy) is 4. The summed E-state index contributed by atoms with van der Waals surface area (Å²) in [6.07, 6.45) is 4.22. The fourth-order valence-corrected chi connectivity index (χ4v) is 8.58. The third-order valence-electron chi connectivity index (χ3n) is 9.25. The normalized spacial score (nSPS) is 18.2. The van der Waals surface area contributed by atoms with Crippen molar-refractivity contribution in [2.75, 3.05) is 27.4 Å². The predicted octanol–water partition coefficient (Wildman–Crippen LogP) is 7.80. The van der Waals surface area contributed by atoms with E-state index in [0.717, 1.165) is 28.2 Å². The molecule has 278 valence electrons. The average molecular weight is 739 g/mol. The van der Waals surface area contributed by atoms with E-state index in [9.17, 15) is 5.26 Å². The monoisotopic (exact) mass is 738 g/mol. The molecule has 2 aromatic heterocycles. The van der Waals surface area contributed by atoms with Crippen molar-refractivity contribution >= 4 is 19.7 Å². The van der Waals surface area contributed by atoms with Gasteiger partial charge in [-0.05, 0) is 68.7 Å². The molecule has 0 radical (unpaired) electrons. The molecule has 0 spiro atoms. The van der Waals surface area contributed by atoms with E-state index in [1.54, 1.807) is 26.7 Å². The first-order valence-electron chi connectivity index (χ1n) is 17.8. The van der Waals surface area contributed by atoms with Gasteiger partial charge in [0.1, 0.15) is 41.3 Å². The summed E-state index contributed by atoms with van der Waals surface area (Å²) in [4.78, 5) is 13.2. The molecule has 3 aromatic carbocycles. The number of nitrogens with zero attached hydrogens (tertiary/aromatic N) is 6. The van der Waals surface area contributed by atoms with Crippen molar-refractivity contribution in [3.05, 3.63) is 114 Å². The average Bonchev–Trinajstić information content (AvgIpc) is 3.79. The maximum absolute atomic E-state index is 9.33. The second-order valence-corrected chi connectivity index (χ2v) is 14.7. The van der Waals surface area contributed by atoms with Crippen LogP contribution in [0.25, 0.3) is 11.2 Å². The van der Waals surface area contributed by atoms with Crippen molar-refractivity contribution in [2.24, 2.45) is 0 Å². The third kappa shape index (κ3) is 8.36. The summed E-state index contributed by atoms with van der Waals surface area (Å²) in [5.41, 5.74) is 3.03. The largest absolute Gasteiger partial charge is 0.497 e. The molecule has 0 bridgehead atoms. The Hall–Kier alpha value is -4.47. The van der Waals surface area contributed by atoms with Crippen LogP contribution < -0.4 is 9.47 Å². The summed E-state index contributed by atoms with van der Waals surface area (Å²) in [7, 11) is 1.73. The Morgan fingerprint density at radius 3 is 2.11 bits per heavy atom. The summed E-state index contributed by atoms with van der Waals surface area (Å²) in [6.45, 7) is 8.89. The van der Waals surface area contributed by atoms with Gasteiger partial charge in [-0.1, -0.05) is 54.6 Å². The van der Waals surface area contributed by atoms with E-state index in [-0.39, 0.29) is 31.7 Å². The van der Waals surface area contributed by atoms with E-state index in [0.29, 0.717) is 17.6 Å². The fourth-order valence-electron chi connectivity index (χ4n) is 6.82. The Morgan fingerprint density at radius 1 is 0.906 bits per heavy atom. The molecule has 0 amide bonds. The summed E-state index contributed by atoms with van der Waals surface area (Å²) in [5.74, 6) is 1.48. The molecule has 53 heavy (non-hydrogen) atoms. The van der Waals surface area contributed by atoms with Gasteiger partial charge in [0.2, 0.25) is 0 Å². The SMILES string of the molecule is COc1ccc(C(OCC2OC(n3cnc4cncnc43)CC2OP(OCCC#N)N(C(C)C)C(C)C)(c2ccccc2)c2ccc(OC)cc2)cc1. The molecule has 1 fully saturated rings. The van der Waals surface area contributed by atoms with Crippen molar-refractivity contribution in [1.82, 2.24) is 24.2 Å². The Kier molecular flexibility index (Phi) is 12.7. The second kappa shape index (κ2) is 17.6. The first-order valence-corrected chi connectivity index (χ1v) is 18.9. The number of hydrogen-bond donors (Lipinski definition) is 0. The third-order valence-corrected chi connectivity index (χ3v) is 11.4. The highest BCUT2D eigenvalue weighted by Crippen LogP contribution is 2.51. The molecule has 0 aliphatic carbocycles. The molecular weight excluding hydrogens is 691 g/mol. The first kappa shape index (κ1) is 38.3. The number of nitriles is 1. The van der Waals surface area contributed by atoms with Crippen LogP contribution in [0.5, 0.6) is 11.5 Å². The van der Waals surface area contributed by atoms with Crippen LogP contribution in [0.1, 0.15) is 63.5 Å². The van der Waals surface area contributed by atoms with Gasteiger partial charge in [0.05, 0.1) is 58.6 Å². The standard InChI is InChI=1S/C40H47N6O6P/c1-28(2)46(29(3)4)53(50-22-10-21-41)52-36-23-38(45-27-44-35-24-42-26-43-39(35)45)51-37(36)25-49-40(30-11-8-7-9-12-30,31-13-17-33(47-5)18-14-31)32-15-19-34(48-6)20-16-32/h7-9,11-20,24,26-29,36-38H,10,22-23,25H2,1-6H3. The van der Waals surface area contributed by atoms with Crippen molar-refractivity contribution < 1.29 is 28.0 Å². The molecule has 5 aromatic rings.